The van der Waals surface area contributed by atoms with Crippen molar-refractivity contribution in [3.63, 3.8) is 0 Å². The van der Waals surface area contributed by atoms with Crippen LogP contribution in [0.5, 0.6) is 0 Å². The van der Waals surface area contributed by atoms with Crippen LogP contribution in [0.4, 0.5) is 0 Å². The van der Waals surface area contributed by atoms with Gasteiger partial charge in [-0.1, -0.05) is 119 Å². The number of nitrogens with zero attached hydrogens (tertiary/aromatic N) is 2. The number of aryl methyl sites for hydroxylation is 2. The Bertz CT molecular complexity index is 2710. The summed E-state index contributed by atoms with van der Waals surface area (Å²) in [6.07, 6.45) is 0. The van der Waals surface area contributed by atoms with Crippen molar-refractivity contribution in [1.82, 2.24) is 4.57 Å². The third kappa shape index (κ3) is 4.26. The van der Waals surface area contributed by atoms with E-state index >= 15 is 0 Å². The van der Waals surface area contributed by atoms with Crippen molar-refractivity contribution in [1.29, 1.82) is 0 Å². The van der Waals surface area contributed by atoms with E-state index in [1.165, 1.54) is 27.8 Å². The van der Waals surface area contributed by atoms with E-state index in [1.807, 2.05) is 6.07 Å². The SMILES string of the molecule is Cc1ccc2c(oc3cc(-c4ccccc4)c4c5ccccc5oc4c32)c1-c1n(-c2c(C(C)C)cccc2C(C)C)c2ccccc2[n+]1C. The van der Waals surface area contributed by atoms with Gasteiger partial charge in [-0.25, -0.2) is 4.57 Å². The Hall–Kier alpha value is -5.61. The molecule has 3 aromatic heterocycles. The van der Waals surface area contributed by atoms with E-state index in [1.54, 1.807) is 0 Å². The van der Waals surface area contributed by atoms with Crippen LogP contribution in [0, 0.1) is 6.92 Å². The molecule has 4 heteroatoms. The van der Waals surface area contributed by atoms with Gasteiger partial charge in [-0.2, -0.15) is 4.57 Å². The largest absolute Gasteiger partial charge is 0.455 e. The molecule has 0 saturated heterocycles. The van der Waals surface area contributed by atoms with Gasteiger partial charge >= 0.3 is 0 Å². The van der Waals surface area contributed by atoms with Crippen molar-refractivity contribution in [2.45, 2.75) is 46.5 Å². The van der Waals surface area contributed by atoms with Crippen molar-refractivity contribution < 1.29 is 13.4 Å². The summed E-state index contributed by atoms with van der Waals surface area (Å²) >= 11 is 0. The lowest BCUT2D eigenvalue weighted by atomic mass is 9.92. The fraction of sp³-hybridized carbons (Fsp3) is 0.178. The molecule has 0 amide bonds. The molecule has 9 rings (SSSR count). The fourth-order valence-corrected chi connectivity index (χ4v) is 8.02. The molecule has 0 atom stereocenters. The number of hydrogen-bond acceptors (Lipinski definition) is 2. The van der Waals surface area contributed by atoms with Crippen LogP contribution >= 0.6 is 0 Å². The van der Waals surface area contributed by atoms with Crippen LogP contribution in [-0.4, -0.2) is 4.57 Å². The summed E-state index contributed by atoms with van der Waals surface area (Å²) in [6, 6.07) is 41.1. The van der Waals surface area contributed by atoms with Gasteiger partial charge in [0.15, 0.2) is 16.6 Å². The maximum atomic E-state index is 7.10. The molecule has 9 aromatic rings. The predicted octanol–water partition coefficient (Wildman–Crippen LogP) is 12.1. The standard InChI is InChI=1S/C45H39N2O2/c1-26(2)30-18-14-19-31(27(3)4)42(30)47-36-21-12-11-20-35(36)46(6)45(47)39-28(5)23-24-33-41-38(49-43(33)39)25-34(29-15-8-7-9-16-29)40-32-17-10-13-22-37(32)48-44(40)41/h7-27H,1-6H3/q+1. The van der Waals surface area contributed by atoms with E-state index in [4.69, 9.17) is 8.83 Å². The average molecular weight is 640 g/mol. The molecular weight excluding hydrogens is 601 g/mol. The van der Waals surface area contributed by atoms with Crippen molar-refractivity contribution in [3.8, 4) is 28.2 Å². The molecule has 0 spiro atoms. The zero-order valence-corrected chi connectivity index (χ0v) is 28.8. The van der Waals surface area contributed by atoms with E-state index in [9.17, 15) is 0 Å². The number of para-hydroxylation sites is 4. The van der Waals surface area contributed by atoms with Crippen LogP contribution < -0.4 is 4.57 Å². The first kappa shape index (κ1) is 29.5. The lowest BCUT2D eigenvalue weighted by Gasteiger charge is -2.18. The maximum Gasteiger partial charge on any atom is 0.299 e. The molecule has 0 bridgehead atoms. The van der Waals surface area contributed by atoms with Gasteiger partial charge in [0.1, 0.15) is 28.0 Å². The summed E-state index contributed by atoms with van der Waals surface area (Å²) in [5.74, 6) is 1.78. The molecule has 0 fully saturated rings. The van der Waals surface area contributed by atoms with E-state index in [-0.39, 0.29) is 0 Å². The molecule has 0 aliphatic heterocycles. The topological polar surface area (TPSA) is 35.1 Å². The highest BCUT2D eigenvalue weighted by molar-refractivity contribution is 6.27. The molecule has 0 N–H and O–H groups in total. The lowest BCUT2D eigenvalue weighted by molar-refractivity contribution is -0.633. The van der Waals surface area contributed by atoms with Crippen LogP contribution in [0.15, 0.2) is 124 Å². The molecule has 0 unspecified atom stereocenters. The summed E-state index contributed by atoms with van der Waals surface area (Å²) < 4.78 is 18.7. The first-order valence-corrected chi connectivity index (χ1v) is 17.3. The molecule has 49 heavy (non-hydrogen) atoms. The summed E-state index contributed by atoms with van der Waals surface area (Å²) in [6.45, 7) is 11.4. The zero-order chi connectivity index (χ0) is 33.6. The quantitative estimate of drug-likeness (QED) is 0.176. The third-order valence-corrected chi connectivity index (χ3v) is 10.3. The minimum absolute atomic E-state index is 0.342. The highest BCUT2D eigenvalue weighted by atomic mass is 16.3. The molecule has 4 nitrogen and oxygen atoms in total. The number of benzene rings is 6. The Labute approximate surface area is 285 Å². The first-order chi connectivity index (χ1) is 23.8. The van der Waals surface area contributed by atoms with Gasteiger partial charge in [0.2, 0.25) is 0 Å². The molecule has 3 heterocycles. The van der Waals surface area contributed by atoms with Gasteiger partial charge in [-0.15, -0.1) is 0 Å². The minimum Gasteiger partial charge on any atom is -0.455 e. The Morgan fingerprint density at radius 1 is 0.612 bits per heavy atom. The molecule has 0 saturated carbocycles. The van der Waals surface area contributed by atoms with E-state index in [2.05, 4.69) is 160 Å². The van der Waals surface area contributed by atoms with Crippen LogP contribution in [0.3, 0.4) is 0 Å². The van der Waals surface area contributed by atoms with Crippen LogP contribution in [0.25, 0.3) is 83.1 Å². The van der Waals surface area contributed by atoms with Crippen molar-refractivity contribution in [2.75, 3.05) is 0 Å². The van der Waals surface area contributed by atoms with Crippen LogP contribution in [0.2, 0.25) is 0 Å². The minimum atomic E-state index is 0.342. The van der Waals surface area contributed by atoms with E-state index < -0.39 is 0 Å². The number of imidazole rings is 1. The van der Waals surface area contributed by atoms with Crippen LogP contribution in [0.1, 0.15) is 56.2 Å². The summed E-state index contributed by atoms with van der Waals surface area (Å²) in [5, 5.41) is 4.29. The summed E-state index contributed by atoms with van der Waals surface area (Å²) in [7, 11) is 2.19. The first-order valence-electron chi connectivity index (χ1n) is 17.3. The molecule has 6 aromatic carbocycles. The van der Waals surface area contributed by atoms with Gasteiger partial charge in [-0.05, 0) is 59.7 Å². The predicted molar refractivity (Wildman–Crippen MR) is 203 cm³/mol. The molecule has 0 aliphatic carbocycles. The second-order valence-corrected chi connectivity index (χ2v) is 14.0. The van der Waals surface area contributed by atoms with E-state index in [0.29, 0.717) is 11.8 Å². The van der Waals surface area contributed by atoms with Gasteiger partial charge in [-0.3, -0.25) is 0 Å². The van der Waals surface area contributed by atoms with Gasteiger partial charge < -0.3 is 8.83 Å². The second-order valence-electron chi connectivity index (χ2n) is 14.0. The monoisotopic (exact) mass is 639 g/mol. The second kappa shape index (κ2) is 11.0. The number of furan rings is 2. The number of hydrogen-bond donors (Lipinski definition) is 0. The van der Waals surface area contributed by atoms with Crippen LogP contribution in [-0.2, 0) is 7.05 Å². The average Bonchev–Trinajstić information content (AvgIpc) is 3.77. The Morgan fingerprint density at radius 2 is 1.29 bits per heavy atom. The molecular formula is C45H39N2O2+. The third-order valence-electron chi connectivity index (χ3n) is 10.3. The highest BCUT2D eigenvalue weighted by Gasteiger charge is 2.34. The molecule has 0 aliphatic rings. The zero-order valence-electron chi connectivity index (χ0n) is 28.8. The van der Waals surface area contributed by atoms with Crippen molar-refractivity contribution >= 4 is 54.9 Å². The summed E-state index contributed by atoms with van der Waals surface area (Å²) in [4.78, 5) is 0. The number of fused-ring (bicyclic) bond motifs is 8. The smallest absolute Gasteiger partial charge is 0.299 e. The van der Waals surface area contributed by atoms with Crippen molar-refractivity contribution in [3.05, 3.63) is 132 Å². The summed E-state index contributed by atoms with van der Waals surface area (Å²) in [5.41, 5.74) is 14.2. The normalized spacial score (nSPS) is 12.2. The Balaban J connectivity index is 1.46. The molecule has 0 radical (unpaired) electrons. The maximum absolute atomic E-state index is 7.10. The van der Waals surface area contributed by atoms with Gasteiger partial charge in [0.05, 0.1) is 12.4 Å². The number of rotatable bonds is 5. The van der Waals surface area contributed by atoms with E-state index in [0.717, 1.165) is 72.0 Å². The number of aromatic nitrogens is 2. The fourth-order valence-electron chi connectivity index (χ4n) is 8.02. The Morgan fingerprint density at radius 3 is 2.04 bits per heavy atom. The van der Waals surface area contributed by atoms with Gasteiger partial charge in [0.25, 0.3) is 5.82 Å². The van der Waals surface area contributed by atoms with Crippen molar-refractivity contribution in [2.24, 2.45) is 7.05 Å². The molecule has 240 valence electrons. The van der Waals surface area contributed by atoms with Gasteiger partial charge in [0, 0.05) is 27.3 Å². The highest BCUT2D eigenvalue weighted by Crippen LogP contribution is 2.47. The lowest BCUT2D eigenvalue weighted by Crippen LogP contribution is -2.30. The Kier molecular flexibility index (Phi) is 6.61.